The van der Waals surface area contributed by atoms with E-state index in [0.717, 1.165) is 21.7 Å². The maximum Gasteiger partial charge on any atom is 0.231 e. The summed E-state index contributed by atoms with van der Waals surface area (Å²) < 4.78 is 32.6. The fourth-order valence-corrected chi connectivity index (χ4v) is 7.06. The summed E-state index contributed by atoms with van der Waals surface area (Å²) in [5.41, 5.74) is 3.15. The van der Waals surface area contributed by atoms with Crippen LogP contribution in [0.15, 0.2) is 95.4 Å². The van der Waals surface area contributed by atoms with E-state index in [1.165, 1.54) is 0 Å². The van der Waals surface area contributed by atoms with Gasteiger partial charge in [0.2, 0.25) is 12.7 Å². The quantitative estimate of drug-likeness (QED) is 0.351. The number of aryl methyl sites for hydroxylation is 1. The van der Waals surface area contributed by atoms with Crippen molar-refractivity contribution in [1.82, 2.24) is 4.98 Å². The average Bonchev–Trinajstić information content (AvgIpc) is 3.50. The fraction of sp³-hybridized carbons (Fsp3) is 0.0741. The van der Waals surface area contributed by atoms with E-state index in [1.807, 2.05) is 97.9 Å². The van der Waals surface area contributed by atoms with Crippen LogP contribution in [0.5, 0.6) is 11.5 Å². The summed E-state index contributed by atoms with van der Waals surface area (Å²) in [7, 11) is -3.30. The minimum Gasteiger partial charge on any atom is -0.454 e. The van der Waals surface area contributed by atoms with Crippen LogP contribution in [0, 0.1) is 6.92 Å². The minimum atomic E-state index is -3.30. The summed E-state index contributed by atoms with van der Waals surface area (Å²) in [6.07, 6.45) is 0. The third-order valence-electron chi connectivity index (χ3n) is 5.84. The molecular weight excluding hydrogens is 433 g/mol. The molecule has 0 saturated carbocycles. The zero-order chi connectivity index (χ0) is 22.4. The van der Waals surface area contributed by atoms with Gasteiger partial charge in [0.15, 0.2) is 24.2 Å². The predicted molar refractivity (Wildman–Crippen MR) is 130 cm³/mol. The SMILES string of the molecule is Cc1ccc2oc(-c3cc4c(cc3P(=O)(c3ccccc3)c3ccccc3)OCO4)nc2c1. The van der Waals surface area contributed by atoms with Gasteiger partial charge < -0.3 is 18.5 Å². The zero-order valence-electron chi connectivity index (χ0n) is 17.9. The number of aromatic nitrogens is 1. The molecule has 6 rings (SSSR count). The van der Waals surface area contributed by atoms with E-state index < -0.39 is 7.14 Å². The highest BCUT2D eigenvalue weighted by Crippen LogP contribution is 2.48. The average molecular weight is 453 g/mol. The molecule has 0 bridgehead atoms. The molecule has 33 heavy (non-hydrogen) atoms. The van der Waals surface area contributed by atoms with Crippen LogP contribution in [-0.2, 0) is 4.57 Å². The smallest absolute Gasteiger partial charge is 0.231 e. The fourth-order valence-electron chi connectivity index (χ4n) is 4.22. The largest absolute Gasteiger partial charge is 0.454 e. The molecule has 5 aromatic rings. The first-order valence-corrected chi connectivity index (χ1v) is 12.4. The van der Waals surface area contributed by atoms with E-state index in [1.54, 1.807) is 0 Å². The third-order valence-corrected chi connectivity index (χ3v) is 8.94. The van der Waals surface area contributed by atoms with E-state index in [2.05, 4.69) is 0 Å². The lowest BCUT2D eigenvalue weighted by atomic mass is 10.2. The summed E-state index contributed by atoms with van der Waals surface area (Å²) in [6, 6.07) is 28.6. The molecule has 0 saturated heterocycles. The molecular formula is C27H20NO4P. The number of hydrogen-bond acceptors (Lipinski definition) is 5. The summed E-state index contributed by atoms with van der Waals surface area (Å²) in [5, 5.41) is 2.05. The van der Waals surface area contributed by atoms with Crippen molar-refractivity contribution in [3.8, 4) is 23.0 Å². The molecule has 0 atom stereocenters. The van der Waals surface area contributed by atoms with Crippen molar-refractivity contribution in [3.63, 3.8) is 0 Å². The first-order valence-electron chi connectivity index (χ1n) is 10.7. The molecule has 0 amide bonds. The number of fused-ring (bicyclic) bond motifs is 2. The van der Waals surface area contributed by atoms with Gasteiger partial charge in [-0.15, -0.1) is 0 Å². The minimum absolute atomic E-state index is 0.117. The van der Waals surface area contributed by atoms with Crippen LogP contribution in [0.3, 0.4) is 0 Å². The van der Waals surface area contributed by atoms with E-state index >= 15 is 4.57 Å². The Morgan fingerprint density at radius 1 is 0.788 bits per heavy atom. The topological polar surface area (TPSA) is 61.6 Å². The Morgan fingerprint density at radius 3 is 2.09 bits per heavy atom. The molecule has 0 aliphatic carbocycles. The summed E-state index contributed by atoms with van der Waals surface area (Å²) in [4.78, 5) is 4.75. The third kappa shape index (κ3) is 3.24. The van der Waals surface area contributed by atoms with E-state index in [4.69, 9.17) is 18.9 Å². The predicted octanol–water partition coefficient (Wildman–Crippen LogP) is 5.17. The molecule has 0 unspecified atom stereocenters. The molecule has 0 fully saturated rings. The Kier molecular flexibility index (Phi) is 4.60. The van der Waals surface area contributed by atoms with Crippen molar-refractivity contribution in [2.24, 2.45) is 0 Å². The highest BCUT2D eigenvalue weighted by Gasteiger charge is 2.35. The van der Waals surface area contributed by atoms with Gasteiger partial charge in [0, 0.05) is 15.9 Å². The molecule has 2 heterocycles. The molecule has 0 radical (unpaired) electrons. The molecule has 1 aliphatic rings. The van der Waals surface area contributed by atoms with Crippen LogP contribution < -0.4 is 25.4 Å². The van der Waals surface area contributed by atoms with Gasteiger partial charge in [0.25, 0.3) is 0 Å². The van der Waals surface area contributed by atoms with Crippen LogP contribution in [0.4, 0.5) is 0 Å². The standard InChI is InChI=1S/C27H20NO4P/c1-18-12-13-23-22(14-18)28-27(32-23)21-15-24-25(31-17-30-24)16-26(21)33(29,19-8-4-2-5-9-19)20-10-6-3-7-11-20/h2-16H,17H2,1H3. The lowest BCUT2D eigenvalue weighted by Crippen LogP contribution is -2.26. The number of nitrogens with zero attached hydrogens (tertiary/aromatic N) is 1. The van der Waals surface area contributed by atoms with E-state index in [-0.39, 0.29) is 6.79 Å². The first-order chi connectivity index (χ1) is 16.1. The van der Waals surface area contributed by atoms with Gasteiger partial charge in [-0.25, -0.2) is 4.98 Å². The van der Waals surface area contributed by atoms with Crippen molar-refractivity contribution in [3.05, 3.63) is 96.6 Å². The molecule has 4 aromatic carbocycles. The number of rotatable bonds is 4. The molecule has 0 spiro atoms. The monoisotopic (exact) mass is 453 g/mol. The summed E-state index contributed by atoms with van der Waals surface area (Å²) in [6.45, 7) is 2.13. The number of ether oxygens (including phenoxy) is 2. The first kappa shape index (κ1) is 19.8. The van der Waals surface area contributed by atoms with Gasteiger partial charge in [-0.2, -0.15) is 0 Å². The number of benzene rings is 4. The molecule has 162 valence electrons. The van der Waals surface area contributed by atoms with Crippen LogP contribution in [0.1, 0.15) is 5.56 Å². The number of oxazole rings is 1. The van der Waals surface area contributed by atoms with E-state index in [9.17, 15) is 0 Å². The van der Waals surface area contributed by atoms with Gasteiger partial charge in [0.1, 0.15) is 5.52 Å². The number of hydrogen-bond donors (Lipinski definition) is 0. The molecule has 0 N–H and O–H groups in total. The lowest BCUT2D eigenvalue weighted by molar-refractivity contribution is 0.174. The molecule has 1 aromatic heterocycles. The maximum absolute atomic E-state index is 15.1. The van der Waals surface area contributed by atoms with Gasteiger partial charge in [-0.3, -0.25) is 0 Å². The van der Waals surface area contributed by atoms with Crippen molar-refractivity contribution in [2.45, 2.75) is 6.92 Å². The Labute approximate surface area is 191 Å². The molecule has 1 aliphatic heterocycles. The summed E-state index contributed by atoms with van der Waals surface area (Å²) in [5.74, 6) is 1.55. The maximum atomic E-state index is 15.1. The zero-order valence-corrected chi connectivity index (χ0v) is 18.8. The molecule has 5 nitrogen and oxygen atoms in total. The van der Waals surface area contributed by atoms with Crippen molar-refractivity contribution in [2.75, 3.05) is 6.79 Å². The Morgan fingerprint density at radius 2 is 1.42 bits per heavy atom. The Balaban J connectivity index is 1.67. The Bertz CT molecular complexity index is 1480. The highest BCUT2D eigenvalue weighted by atomic mass is 31.2. The van der Waals surface area contributed by atoms with Gasteiger partial charge in [-0.05, 0) is 36.8 Å². The second-order valence-electron chi connectivity index (χ2n) is 7.99. The summed E-state index contributed by atoms with van der Waals surface area (Å²) >= 11 is 0. The van der Waals surface area contributed by atoms with E-state index in [0.29, 0.717) is 33.8 Å². The van der Waals surface area contributed by atoms with Crippen LogP contribution >= 0.6 is 7.14 Å². The van der Waals surface area contributed by atoms with Crippen LogP contribution in [0.2, 0.25) is 0 Å². The molecule has 6 heteroatoms. The van der Waals surface area contributed by atoms with Crippen molar-refractivity contribution in [1.29, 1.82) is 0 Å². The lowest BCUT2D eigenvalue weighted by Gasteiger charge is -2.22. The normalized spacial score (nSPS) is 12.9. The Hall–Kier alpha value is -3.82. The van der Waals surface area contributed by atoms with Crippen molar-refractivity contribution < 1.29 is 18.5 Å². The van der Waals surface area contributed by atoms with Gasteiger partial charge in [-0.1, -0.05) is 66.7 Å². The van der Waals surface area contributed by atoms with Crippen molar-refractivity contribution >= 4 is 34.2 Å². The van der Waals surface area contributed by atoms with Crippen LogP contribution in [-0.4, -0.2) is 11.8 Å². The van der Waals surface area contributed by atoms with Gasteiger partial charge >= 0.3 is 0 Å². The second-order valence-corrected chi connectivity index (χ2v) is 10.7. The van der Waals surface area contributed by atoms with Gasteiger partial charge in [0.05, 0.1) is 5.56 Å². The highest BCUT2D eigenvalue weighted by molar-refractivity contribution is 7.85. The second kappa shape index (κ2) is 7.65. The van der Waals surface area contributed by atoms with Crippen LogP contribution in [0.25, 0.3) is 22.6 Å².